The standard InChI is InChI=1S/C9H10N3Se/c1-7-2-4-8(5-3-7)6-11-12-9(10)13/h2-6H,1H3,(H2,10,12)/b11-6-. The Bertz CT molecular complexity index is 323. The van der Waals surface area contributed by atoms with Crippen LogP contribution in [-0.2, 0) is 0 Å². The molecule has 0 fully saturated rings. The Labute approximate surface area is 85.6 Å². The van der Waals surface area contributed by atoms with Crippen molar-refractivity contribution in [1.29, 1.82) is 0 Å². The average molecular weight is 239 g/mol. The van der Waals surface area contributed by atoms with E-state index in [4.69, 9.17) is 5.73 Å². The van der Waals surface area contributed by atoms with Gasteiger partial charge < -0.3 is 0 Å². The van der Waals surface area contributed by atoms with Gasteiger partial charge in [0.2, 0.25) is 0 Å². The molecule has 0 aromatic heterocycles. The van der Waals surface area contributed by atoms with Crippen molar-refractivity contribution in [2.45, 2.75) is 6.92 Å². The summed E-state index contributed by atoms with van der Waals surface area (Å²) >= 11 is 2.55. The molecule has 67 valence electrons. The second kappa shape index (κ2) is 4.80. The first-order valence-electron chi connectivity index (χ1n) is 3.78. The zero-order valence-corrected chi connectivity index (χ0v) is 8.98. The molecular formula is C9H10N3Se. The SMILES string of the molecule is Cc1ccc(/C=N\N=C(/N)[Se])cc1. The molecule has 0 saturated carbocycles. The van der Waals surface area contributed by atoms with Crippen LogP contribution in [0.4, 0.5) is 0 Å². The van der Waals surface area contributed by atoms with Gasteiger partial charge in [0.25, 0.3) is 0 Å². The van der Waals surface area contributed by atoms with Gasteiger partial charge in [-0.05, 0) is 0 Å². The van der Waals surface area contributed by atoms with Crippen molar-refractivity contribution in [3.8, 4) is 0 Å². The first kappa shape index (κ1) is 9.96. The summed E-state index contributed by atoms with van der Waals surface area (Å²) in [6.45, 7) is 2.04. The number of aryl methyl sites for hydroxylation is 1. The molecular weight excluding hydrogens is 229 g/mol. The minimum atomic E-state index is 0.336. The van der Waals surface area contributed by atoms with Gasteiger partial charge in [0.15, 0.2) is 0 Å². The van der Waals surface area contributed by atoms with Gasteiger partial charge in [-0.3, -0.25) is 0 Å². The van der Waals surface area contributed by atoms with Crippen LogP contribution >= 0.6 is 0 Å². The number of amidine groups is 1. The molecule has 0 heterocycles. The number of hydrogen-bond acceptors (Lipinski definition) is 2. The molecule has 0 aliphatic heterocycles. The van der Waals surface area contributed by atoms with Gasteiger partial charge in [0.05, 0.1) is 0 Å². The third-order valence-electron chi connectivity index (χ3n) is 1.44. The quantitative estimate of drug-likeness (QED) is 0.353. The van der Waals surface area contributed by atoms with Crippen LogP contribution in [0.3, 0.4) is 0 Å². The summed E-state index contributed by atoms with van der Waals surface area (Å²) in [7, 11) is 0. The predicted molar refractivity (Wildman–Crippen MR) is 56.1 cm³/mol. The Hall–Kier alpha value is -1.12. The van der Waals surface area contributed by atoms with E-state index in [0.29, 0.717) is 4.73 Å². The summed E-state index contributed by atoms with van der Waals surface area (Å²) in [5.41, 5.74) is 7.50. The van der Waals surface area contributed by atoms with E-state index >= 15 is 0 Å². The number of nitrogens with two attached hydrogens (primary N) is 1. The molecule has 0 atom stereocenters. The molecule has 0 aliphatic carbocycles. The fourth-order valence-electron chi connectivity index (χ4n) is 0.805. The van der Waals surface area contributed by atoms with Crippen LogP contribution in [0.15, 0.2) is 34.5 Å². The molecule has 2 N–H and O–H groups in total. The second-order valence-corrected chi connectivity index (χ2v) is 3.47. The molecule has 13 heavy (non-hydrogen) atoms. The van der Waals surface area contributed by atoms with Gasteiger partial charge in [-0.25, -0.2) is 0 Å². The third-order valence-corrected chi connectivity index (χ3v) is 1.61. The zero-order valence-electron chi connectivity index (χ0n) is 7.27. The molecule has 1 aromatic rings. The van der Waals surface area contributed by atoms with Gasteiger partial charge in [-0.15, -0.1) is 0 Å². The summed E-state index contributed by atoms with van der Waals surface area (Å²) in [6.07, 6.45) is 1.66. The number of hydrogen-bond donors (Lipinski definition) is 1. The molecule has 0 unspecified atom stereocenters. The molecule has 1 aromatic carbocycles. The Morgan fingerprint density at radius 2 is 2.00 bits per heavy atom. The van der Waals surface area contributed by atoms with Crippen LogP contribution in [-0.4, -0.2) is 27.0 Å². The minimum absolute atomic E-state index is 0.336. The van der Waals surface area contributed by atoms with Gasteiger partial charge in [0.1, 0.15) is 0 Å². The summed E-state index contributed by atoms with van der Waals surface area (Å²) < 4.78 is 0.336. The van der Waals surface area contributed by atoms with Crippen molar-refractivity contribution in [3.05, 3.63) is 35.4 Å². The second-order valence-electron chi connectivity index (χ2n) is 2.59. The van der Waals surface area contributed by atoms with E-state index in [1.54, 1.807) is 6.21 Å². The number of nitrogens with zero attached hydrogens (tertiary/aromatic N) is 2. The molecule has 0 aliphatic rings. The molecule has 0 amide bonds. The number of rotatable bonds is 2. The van der Waals surface area contributed by atoms with E-state index in [1.807, 2.05) is 31.2 Å². The van der Waals surface area contributed by atoms with Gasteiger partial charge >= 0.3 is 85.2 Å². The summed E-state index contributed by atoms with van der Waals surface area (Å²) in [6, 6.07) is 7.99. The van der Waals surface area contributed by atoms with E-state index in [1.165, 1.54) is 5.56 Å². The van der Waals surface area contributed by atoms with Gasteiger partial charge in [0, 0.05) is 0 Å². The van der Waals surface area contributed by atoms with Crippen molar-refractivity contribution < 1.29 is 0 Å². The maximum absolute atomic E-state index is 5.26. The molecule has 0 bridgehead atoms. The van der Waals surface area contributed by atoms with Gasteiger partial charge in [-0.2, -0.15) is 0 Å². The fourth-order valence-corrected chi connectivity index (χ4v) is 0.904. The van der Waals surface area contributed by atoms with Crippen molar-refractivity contribution >= 4 is 27.0 Å². The van der Waals surface area contributed by atoms with E-state index in [2.05, 4.69) is 26.2 Å². The van der Waals surface area contributed by atoms with E-state index in [-0.39, 0.29) is 0 Å². The molecule has 0 spiro atoms. The maximum atomic E-state index is 5.26. The third kappa shape index (κ3) is 3.87. The van der Waals surface area contributed by atoms with E-state index < -0.39 is 0 Å². The molecule has 0 saturated heterocycles. The average Bonchev–Trinajstić information content (AvgIpc) is 2.08. The molecule has 3 nitrogen and oxygen atoms in total. The van der Waals surface area contributed by atoms with Crippen molar-refractivity contribution in [2.75, 3.05) is 0 Å². The Morgan fingerprint density at radius 1 is 1.38 bits per heavy atom. The van der Waals surface area contributed by atoms with Crippen molar-refractivity contribution in [3.63, 3.8) is 0 Å². The van der Waals surface area contributed by atoms with E-state index in [0.717, 1.165) is 5.56 Å². The Morgan fingerprint density at radius 3 is 2.54 bits per heavy atom. The van der Waals surface area contributed by atoms with Crippen molar-refractivity contribution in [2.24, 2.45) is 15.9 Å². The zero-order chi connectivity index (χ0) is 9.68. The van der Waals surface area contributed by atoms with Crippen LogP contribution in [0.5, 0.6) is 0 Å². The first-order chi connectivity index (χ1) is 6.18. The predicted octanol–water partition coefficient (Wildman–Crippen LogP) is 0.812. The summed E-state index contributed by atoms with van der Waals surface area (Å²) in [4.78, 5) is 0. The molecule has 4 heteroatoms. The van der Waals surface area contributed by atoms with Crippen LogP contribution < -0.4 is 5.73 Å². The van der Waals surface area contributed by atoms with Gasteiger partial charge in [-0.1, -0.05) is 0 Å². The summed E-state index contributed by atoms with van der Waals surface area (Å²) in [5, 5.41) is 7.43. The molecule has 1 radical (unpaired) electrons. The number of benzene rings is 1. The fraction of sp³-hybridized carbons (Fsp3) is 0.111. The van der Waals surface area contributed by atoms with Crippen LogP contribution in [0.1, 0.15) is 11.1 Å². The van der Waals surface area contributed by atoms with E-state index in [9.17, 15) is 0 Å². The normalized spacial score (nSPS) is 12.2. The monoisotopic (exact) mass is 240 g/mol. The first-order valence-corrected chi connectivity index (χ1v) is 4.64. The van der Waals surface area contributed by atoms with Crippen LogP contribution in [0.25, 0.3) is 0 Å². The summed E-state index contributed by atoms with van der Waals surface area (Å²) in [5.74, 6) is 0. The molecule has 1 rings (SSSR count). The Kier molecular flexibility index (Phi) is 3.68. The van der Waals surface area contributed by atoms with Crippen molar-refractivity contribution in [1.82, 2.24) is 0 Å². The van der Waals surface area contributed by atoms with Crippen LogP contribution in [0.2, 0.25) is 0 Å². The Balaban J connectivity index is 2.70. The van der Waals surface area contributed by atoms with Crippen LogP contribution in [0, 0.1) is 6.92 Å². The topological polar surface area (TPSA) is 50.7 Å².